The highest BCUT2D eigenvalue weighted by atomic mass is 32.1. The van der Waals surface area contributed by atoms with Gasteiger partial charge in [0.05, 0.1) is 9.88 Å². The molecule has 1 fully saturated rings. The van der Waals surface area contributed by atoms with E-state index in [0.717, 1.165) is 30.9 Å². The van der Waals surface area contributed by atoms with E-state index in [1.807, 2.05) is 0 Å². The van der Waals surface area contributed by atoms with E-state index in [4.69, 9.17) is 0 Å². The maximum Gasteiger partial charge on any atom is 0.261 e. The van der Waals surface area contributed by atoms with Crippen molar-refractivity contribution >= 4 is 22.2 Å². The summed E-state index contributed by atoms with van der Waals surface area (Å²) in [7, 11) is 2.14. The average Bonchev–Trinajstić information content (AvgIpc) is 2.90. The molecule has 0 bridgehead atoms. The van der Waals surface area contributed by atoms with E-state index in [9.17, 15) is 4.79 Å². The van der Waals surface area contributed by atoms with Gasteiger partial charge >= 0.3 is 0 Å². The SMILES string of the molecule is CC1CCCCN1CCNC(=O)c1cc2c(s1)N(C)CCCC2. The molecule has 1 aromatic rings. The number of likely N-dealkylation sites (tertiary alicyclic amines) is 1. The molecule has 3 rings (SSSR count). The summed E-state index contributed by atoms with van der Waals surface area (Å²) >= 11 is 1.65. The Morgan fingerprint density at radius 3 is 2.96 bits per heavy atom. The van der Waals surface area contributed by atoms with Gasteiger partial charge in [-0.25, -0.2) is 0 Å². The third-order valence-electron chi connectivity index (χ3n) is 5.17. The lowest BCUT2D eigenvalue weighted by atomic mass is 10.0. The molecule has 0 saturated carbocycles. The number of nitrogens with one attached hydrogen (secondary N) is 1. The summed E-state index contributed by atoms with van der Waals surface area (Å²) in [5, 5.41) is 4.41. The molecule has 3 heterocycles. The second-order valence-electron chi connectivity index (χ2n) is 6.96. The van der Waals surface area contributed by atoms with Crippen LogP contribution in [0.2, 0.25) is 0 Å². The van der Waals surface area contributed by atoms with Crippen LogP contribution in [0.25, 0.3) is 0 Å². The van der Waals surface area contributed by atoms with E-state index in [0.29, 0.717) is 6.04 Å². The first-order valence-electron chi connectivity index (χ1n) is 9.01. The Hall–Kier alpha value is -1.07. The first kappa shape index (κ1) is 16.8. The van der Waals surface area contributed by atoms with E-state index >= 15 is 0 Å². The number of anilines is 1. The van der Waals surface area contributed by atoms with Crippen molar-refractivity contribution in [3.05, 3.63) is 16.5 Å². The number of fused-ring (bicyclic) bond motifs is 1. The predicted molar refractivity (Wildman–Crippen MR) is 97.7 cm³/mol. The third-order valence-corrected chi connectivity index (χ3v) is 6.46. The van der Waals surface area contributed by atoms with E-state index in [2.05, 4.69) is 35.2 Å². The topological polar surface area (TPSA) is 35.6 Å². The number of nitrogens with zero attached hydrogens (tertiary/aromatic N) is 2. The molecule has 1 aromatic heterocycles. The van der Waals surface area contributed by atoms with Gasteiger partial charge in [0, 0.05) is 32.7 Å². The summed E-state index contributed by atoms with van der Waals surface area (Å²) in [6, 6.07) is 2.77. The maximum absolute atomic E-state index is 12.4. The van der Waals surface area contributed by atoms with Crippen molar-refractivity contribution in [2.45, 2.75) is 51.5 Å². The van der Waals surface area contributed by atoms with Gasteiger partial charge in [0.1, 0.15) is 0 Å². The number of piperidine rings is 1. The van der Waals surface area contributed by atoms with Crippen LogP contribution in [0.15, 0.2) is 6.07 Å². The van der Waals surface area contributed by atoms with Gasteiger partial charge in [0.25, 0.3) is 5.91 Å². The molecule has 4 nitrogen and oxygen atoms in total. The lowest BCUT2D eigenvalue weighted by Crippen LogP contribution is -2.42. The van der Waals surface area contributed by atoms with Crippen molar-refractivity contribution in [3.8, 4) is 0 Å². The summed E-state index contributed by atoms with van der Waals surface area (Å²) in [5.74, 6) is 0.0983. The van der Waals surface area contributed by atoms with Crippen molar-refractivity contribution in [1.29, 1.82) is 0 Å². The van der Waals surface area contributed by atoms with Crippen LogP contribution in [-0.4, -0.2) is 50.1 Å². The maximum atomic E-state index is 12.4. The van der Waals surface area contributed by atoms with Crippen LogP contribution in [0, 0.1) is 0 Å². The minimum Gasteiger partial charge on any atom is -0.366 e. The lowest BCUT2D eigenvalue weighted by molar-refractivity contribution is 0.0942. The van der Waals surface area contributed by atoms with E-state index in [1.54, 1.807) is 11.3 Å². The van der Waals surface area contributed by atoms with Gasteiger partial charge in [-0.05, 0) is 57.2 Å². The molecule has 1 N–H and O–H groups in total. The van der Waals surface area contributed by atoms with Gasteiger partial charge in [-0.1, -0.05) is 6.42 Å². The fourth-order valence-electron chi connectivity index (χ4n) is 3.69. The Morgan fingerprint density at radius 1 is 1.30 bits per heavy atom. The molecule has 2 aliphatic heterocycles. The van der Waals surface area contributed by atoms with Crippen molar-refractivity contribution in [3.63, 3.8) is 0 Å². The number of carbonyl (C=O) groups excluding carboxylic acids is 1. The van der Waals surface area contributed by atoms with Gasteiger partial charge in [0.2, 0.25) is 0 Å². The third kappa shape index (κ3) is 4.07. The molecular weight excluding hydrogens is 306 g/mol. The van der Waals surface area contributed by atoms with Crippen molar-refractivity contribution in [2.75, 3.05) is 38.1 Å². The smallest absolute Gasteiger partial charge is 0.261 e. The molecule has 0 aromatic carbocycles. The Labute approximate surface area is 143 Å². The molecular formula is C18H29N3OS. The Balaban J connectivity index is 1.53. The van der Waals surface area contributed by atoms with Crippen LogP contribution >= 0.6 is 11.3 Å². The normalized spacial score (nSPS) is 22.5. The molecule has 1 amide bonds. The monoisotopic (exact) mass is 335 g/mol. The number of thiophene rings is 1. The zero-order chi connectivity index (χ0) is 16.2. The Morgan fingerprint density at radius 2 is 2.13 bits per heavy atom. The Kier molecular flexibility index (Phi) is 5.59. The molecule has 0 radical (unpaired) electrons. The molecule has 2 aliphatic rings. The second-order valence-corrected chi connectivity index (χ2v) is 7.99. The quantitative estimate of drug-likeness (QED) is 0.918. The minimum absolute atomic E-state index is 0.0983. The molecule has 1 atom stereocenters. The van der Waals surface area contributed by atoms with Crippen molar-refractivity contribution in [2.24, 2.45) is 0 Å². The predicted octanol–water partition coefficient (Wildman–Crippen LogP) is 3.12. The van der Waals surface area contributed by atoms with Gasteiger partial charge in [-0.15, -0.1) is 11.3 Å². The molecule has 0 aliphatic carbocycles. The van der Waals surface area contributed by atoms with Crippen LogP contribution in [0.1, 0.15) is 54.3 Å². The number of hydrogen-bond donors (Lipinski definition) is 1. The number of amides is 1. The lowest BCUT2D eigenvalue weighted by Gasteiger charge is -2.33. The van der Waals surface area contributed by atoms with Gasteiger partial charge in [0.15, 0.2) is 0 Å². The first-order valence-corrected chi connectivity index (χ1v) is 9.83. The molecule has 128 valence electrons. The number of aryl methyl sites for hydroxylation is 1. The van der Waals surface area contributed by atoms with Crippen molar-refractivity contribution in [1.82, 2.24) is 10.2 Å². The fourth-order valence-corrected chi connectivity index (χ4v) is 4.80. The molecule has 1 saturated heterocycles. The standard InChI is InChI=1S/C18H29N3OS/c1-14-7-3-6-11-21(14)12-9-19-17(22)16-13-15-8-4-5-10-20(2)18(15)23-16/h13-14H,3-12H2,1-2H3,(H,19,22). The van der Waals surface area contributed by atoms with Crippen LogP contribution in [0.4, 0.5) is 5.00 Å². The number of rotatable bonds is 4. The Bertz CT molecular complexity index is 542. The van der Waals surface area contributed by atoms with E-state index in [1.165, 1.54) is 49.2 Å². The first-order chi connectivity index (χ1) is 11.1. The molecule has 1 unspecified atom stereocenters. The summed E-state index contributed by atoms with van der Waals surface area (Å²) < 4.78 is 0. The van der Waals surface area contributed by atoms with Crippen LogP contribution in [0.3, 0.4) is 0 Å². The fraction of sp³-hybridized carbons (Fsp3) is 0.722. The molecule has 5 heteroatoms. The number of carbonyl (C=O) groups is 1. The van der Waals surface area contributed by atoms with Crippen LogP contribution in [-0.2, 0) is 6.42 Å². The summed E-state index contributed by atoms with van der Waals surface area (Å²) in [4.78, 5) is 18.1. The minimum atomic E-state index is 0.0983. The van der Waals surface area contributed by atoms with E-state index < -0.39 is 0 Å². The van der Waals surface area contributed by atoms with Crippen LogP contribution in [0.5, 0.6) is 0 Å². The zero-order valence-corrected chi connectivity index (χ0v) is 15.3. The average molecular weight is 336 g/mol. The largest absolute Gasteiger partial charge is 0.366 e. The zero-order valence-electron chi connectivity index (χ0n) is 14.4. The molecule has 23 heavy (non-hydrogen) atoms. The highest BCUT2D eigenvalue weighted by Crippen LogP contribution is 2.34. The van der Waals surface area contributed by atoms with Gasteiger partial charge in [-0.2, -0.15) is 0 Å². The highest BCUT2D eigenvalue weighted by molar-refractivity contribution is 7.18. The second kappa shape index (κ2) is 7.67. The van der Waals surface area contributed by atoms with E-state index in [-0.39, 0.29) is 5.91 Å². The van der Waals surface area contributed by atoms with Crippen molar-refractivity contribution < 1.29 is 4.79 Å². The molecule has 0 spiro atoms. The van der Waals surface area contributed by atoms with Crippen LogP contribution < -0.4 is 10.2 Å². The highest BCUT2D eigenvalue weighted by Gasteiger charge is 2.20. The van der Waals surface area contributed by atoms with Gasteiger partial charge in [-0.3, -0.25) is 9.69 Å². The summed E-state index contributed by atoms with van der Waals surface area (Å²) in [5.41, 5.74) is 1.35. The summed E-state index contributed by atoms with van der Waals surface area (Å²) in [6.07, 6.45) is 7.50. The summed E-state index contributed by atoms with van der Waals surface area (Å²) in [6.45, 7) is 6.29. The number of hydrogen-bond acceptors (Lipinski definition) is 4. The van der Waals surface area contributed by atoms with Gasteiger partial charge < -0.3 is 10.2 Å².